The zero-order chi connectivity index (χ0) is 18.3. The van der Waals surface area contributed by atoms with Crippen molar-refractivity contribution in [2.75, 3.05) is 0 Å². The lowest BCUT2D eigenvalue weighted by Gasteiger charge is -2.38. The van der Waals surface area contributed by atoms with Crippen molar-refractivity contribution in [2.24, 2.45) is 0 Å². The minimum absolute atomic E-state index is 0.123. The summed E-state index contributed by atoms with van der Waals surface area (Å²) in [6.45, 7) is 1.74. The lowest BCUT2D eigenvalue weighted by molar-refractivity contribution is -0.271. The Balaban J connectivity index is 1.89. The van der Waals surface area contributed by atoms with E-state index in [2.05, 4.69) is 0 Å². The van der Waals surface area contributed by atoms with Crippen LogP contribution in [0.1, 0.15) is 5.56 Å². The monoisotopic (exact) mass is 352 g/mol. The summed E-state index contributed by atoms with van der Waals surface area (Å²) in [6, 6.07) is 5.86. The Bertz CT molecular complexity index is 858. The molecule has 0 spiro atoms. The van der Waals surface area contributed by atoms with Gasteiger partial charge in [0.1, 0.15) is 29.6 Å². The molecule has 0 amide bonds. The number of aliphatic hydroxyl groups is 3. The Morgan fingerprint density at radius 1 is 1.12 bits per heavy atom. The first-order valence-electron chi connectivity index (χ1n) is 7.41. The standard InChI is InChI=1S/C16H16O9/c1-6-4-10(17)24-9-5-7(2-3-8(6)9)23-16-13(20)11(18)12(19)14(25-16)15(21)22/h2-5,11-14,16,18-20H,1H3,(H,21,22)/t11-,12+,13+,14-,16+/m1/s1. The second-order valence-corrected chi connectivity index (χ2v) is 5.76. The van der Waals surface area contributed by atoms with Crippen molar-refractivity contribution in [1.82, 2.24) is 0 Å². The molecular weight excluding hydrogens is 336 g/mol. The molecule has 3 rings (SSSR count). The quantitative estimate of drug-likeness (QED) is 0.530. The van der Waals surface area contributed by atoms with Crippen LogP contribution in [0.2, 0.25) is 0 Å². The summed E-state index contributed by atoms with van der Waals surface area (Å²) < 4.78 is 15.5. The van der Waals surface area contributed by atoms with Gasteiger partial charge in [0.05, 0.1) is 0 Å². The maximum Gasteiger partial charge on any atom is 0.336 e. The Labute approximate surface area is 140 Å². The van der Waals surface area contributed by atoms with Gasteiger partial charge in [-0.15, -0.1) is 0 Å². The molecule has 2 aromatic rings. The van der Waals surface area contributed by atoms with Gasteiger partial charge >= 0.3 is 11.6 Å². The summed E-state index contributed by atoms with van der Waals surface area (Å²) >= 11 is 0. The van der Waals surface area contributed by atoms with Crippen LogP contribution in [-0.4, -0.2) is 57.1 Å². The number of ether oxygens (including phenoxy) is 2. The van der Waals surface area contributed by atoms with Crippen molar-refractivity contribution in [3.63, 3.8) is 0 Å². The SMILES string of the molecule is Cc1cc(=O)oc2cc(O[C@H]3O[C@@H](C(=O)O)[C@@H](O)[C@@H](O)[C@@H]3O)ccc12. The average molecular weight is 352 g/mol. The number of aliphatic carboxylic acids is 1. The van der Waals surface area contributed by atoms with E-state index in [1.54, 1.807) is 13.0 Å². The van der Waals surface area contributed by atoms with Crippen LogP contribution in [0.4, 0.5) is 0 Å². The van der Waals surface area contributed by atoms with Crippen LogP contribution in [0.25, 0.3) is 11.0 Å². The van der Waals surface area contributed by atoms with Crippen LogP contribution in [-0.2, 0) is 9.53 Å². The molecule has 9 heteroatoms. The minimum Gasteiger partial charge on any atom is -0.479 e. The number of hydrogen-bond acceptors (Lipinski definition) is 8. The molecule has 134 valence electrons. The van der Waals surface area contributed by atoms with Crippen molar-refractivity contribution in [2.45, 2.75) is 37.6 Å². The first kappa shape index (κ1) is 17.4. The Hall–Kier alpha value is -2.46. The maximum absolute atomic E-state index is 11.5. The number of fused-ring (bicyclic) bond motifs is 1. The Morgan fingerprint density at radius 2 is 1.84 bits per heavy atom. The van der Waals surface area contributed by atoms with E-state index in [-0.39, 0.29) is 11.3 Å². The number of carbonyl (C=O) groups is 1. The van der Waals surface area contributed by atoms with Crippen molar-refractivity contribution in [3.05, 3.63) is 40.2 Å². The predicted octanol–water partition coefficient (Wildman–Crippen LogP) is -0.628. The second kappa shape index (κ2) is 6.45. The van der Waals surface area contributed by atoms with Gasteiger partial charge in [0, 0.05) is 17.5 Å². The number of carboxylic acids is 1. The third-order valence-electron chi connectivity index (χ3n) is 3.99. The zero-order valence-electron chi connectivity index (χ0n) is 13.0. The number of carboxylic acid groups (broad SMARTS) is 1. The van der Waals surface area contributed by atoms with E-state index >= 15 is 0 Å². The fourth-order valence-corrected chi connectivity index (χ4v) is 2.66. The Morgan fingerprint density at radius 3 is 2.52 bits per heavy atom. The van der Waals surface area contributed by atoms with E-state index in [0.717, 1.165) is 0 Å². The van der Waals surface area contributed by atoms with Crippen molar-refractivity contribution < 1.29 is 39.1 Å². The summed E-state index contributed by atoms with van der Waals surface area (Å²) in [5.74, 6) is -1.38. The molecule has 1 aliphatic heterocycles. The van der Waals surface area contributed by atoms with E-state index in [9.17, 15) is 24.9 Å². The molecular formula is C16H16O9. The highest BCUT2D eigenvalue weighted by Gasteiger charge is 2.48. The molecule has 0 unspecified atom stereocenters. The van der Waals surface area contributed by atoms with E-state index in [0.29, 0.717) is 10.9 Å². The topological polar surface area (TPSA) is 147 Å². The van der Waals surface area contributed by atoms with Gasteiger partial charge in [-0.3, -0.25) is 0 Å². The predicted molar refractivity (Wildman–Crippen MR) is 82.2 cm³/mol. The van der Waals surface area contributed by atoms with Gasteiger partial charge in [-0.2, -0.15) is 0 Å². The summed E-state index contributed by atoms with van der Waals surface area (Å²) in [5, 5.41) is 39.1. The summed E-state index contributed by atoms with van der Waals surface area (Å²) in [7, 11) is 0. The molecule has 2 heterocycles. The fraction of sp³-hybridized carbons (Fsp3) is 0.375. The molecule has 1 aliphatic rings. The van der Waals surface area contributed by atoms with E-state index in [1.165, 1.54) is 18.2 Å². The minimum atomic E-state index is -1.80. The summed E-state index contributed by atoms with van der Waals surface area (Å²) in [6.07, 6.45) is -8.53. The van der Waals surface area contributed by atoms with Crippen molar-refractivity contribution >= 4 is 16.9 Å². The lowest BCUT2D eigenvalue weighted by atomic mass is 9.99. The summed E-state index contributed by atoms with van der Waals surface area (Å²) in [4.78, 5) is 22.5. The van der Waals surface area contributed by atoms with Gasteiger partial charge in [0.15, 0.2) is 6.10 Å². The molecule has 0 saturated carbocycles. The highest BCUT2D eigenvalue weighted by molar-refractivity contribution is 5.81. The molecule has 1 saturated heterocycles. The van der Waals surface area contributed by atoms with Gasteiger partial charge in [0.25, 0.3) is 0 Å². The van der Waals surface area contributed by atoms with Crippen LogP contribution in [0, 0.1) is 6.92 Å². The third kappa shape index (κ3) is 3.22. The van der Waals surface area contributed by atoms with Crippen molar-refractivity contribution in [1.29, 1.82) is 0 Å². The van der Waals surface area contributed by atoms with Gasteiger partial charge < -0.3 is 34.3 Å². The zero-order valence-corrected chi connectivity index (χ0v) is 13.0. The molecule has 1 fully saturated rings. The van der Waals surface area contributed by atoms with Crippen LogP contribution in [0.5, 0.6) is 5.75 Å². The van der Waals surface area contributed by atoms with Crippen LogP contribution in [0.15, 0.2) is 33.5 Å². The largest absolute Gasteiger partial charge is 0.479 e. The molecule has 1 aromatic heterocycles. The van der Waals surface area contributed by atoms with Gasteiger partial charge in [-0.1, -0.05) is 0 Å². The normalized spacial score (nSPS) is 29.5. The molecule has 5 atom stereocenters. The molecule has 0 bridgehead atoms. The first-order valence-corrected chi connectivity index (χ1v) is 7.41. The highest BCUT2D eigenvalue weighted by atomic mass is 16.7. The number of benzene rings is 1. The number of rotatable bonds is 3. The van der Waals surface area contributed by atoms with Gasteiger partial charge in [-0.05, 0) is 24.6 Å². The first-order chi connectivity index (χ1) is 11.8. The molecule has 0 aliphatic carbocycles. The fourth-order valence-electron chi connectivity index (χ4n) is 2.66. The maximum atomic E-state index is 11.5. The van der Waals surface area contributed by atoms with E-state index in [1.807, 2.05) is 0 Å². The van der Waals surface area contributed by atoms with Crippen LogP contribution >= 0.6 is 0 Å². The van der Waals surface area contributed by atoms with Gasteiger partial charge in [0.2, 0.25) is 6.29 Å². The number of aliphatic hydroxyl groups excluding tert-OH is 3. The van der Waals surface area contributed by atoms with Crippen LogP contribution < -0.4 is 10.4 Å². The highest BCUT2D eigenvalue weighted by Crippen LogP contribution is 2.27. The molecule has 9 nitrogen and oxygen atoms in total. The average Bonchev–Trinajstić information content (AvgIpc) is 2.54. The number of aryl methyl sites for hydroxylation is 1. The molecule has 0 radical (unpaired) electrons. The Kier molecular flexibility index (Phi) is 4.48. The molecule has 1 aromatic carbocycles. The number of hydrogen-bond donors (Lipinski definition) is 4. The smallest absolute Gasteiger partial charge is 0.336 e. The van der Waals surface area contributed by atoms with Crippen molar-refractivity contribution in [3.8, 4) is 5.75 Å². The van der Waals surface area contributed by atoms with E-state index < -0.39 is 42.3 Å². The summed E-state index contributed by atoms with van der Waals surface area (Å²) in [5.41, 5.74) is 0.403. The lowest BCUT2D eigenvalue weighted by Crippen LogP contribution is -2.61. The van der Waals surface area contributed by atoms with E-state index in [4.69, 9.17) is 19.0 Å². The molecule has 25 heavy (non-hydrogen) atoms. The van der Waals surface area contributed by atoms with Gasteiger partial charge in [-0.25, -0.2) is 9.59 Å². The molecule has 4 N–H and O–H groups in total. The third-order valence-corrected chi connectivity index (χ3v) is 3.99. The van der Waals surface area contributed by atoms with Crippen LogP contribution in [0.3, 0.4) is 0 Å². The second-order valence-electron chi connectivity index (χ2n) is 5.76.